The number of nitrogens with one attached hydrogen (secondary N) is 1. The Labute approximate surface area is 129 Å². The molecule has 0 radical (unpaired) electrons. The van der Waals surface area contributed by atoms with E-state index in [2.05, 4.69) is 41.7 Å². The number of likely N-dealkylation sites (tertiary alicyclic amines) is 1. The lowest BCUT2D eigenvalue weighted by Gasteiger charge is -2.17. The number of anilines is 1. The van der Waals surface area contributed by atoms with Crippen molar-refractivity contribution in [3.05, 3.63) is 53.6 Å². The number of rotatable bonds is 1. The summed E-state index contributed by atoms with van der Waals surface area (Å²) < 4.78 is 0. The Morgan fingerprint density at radius 3 is 2.77 bits per heavy atom. The highest BCUT2D eigenvalue weighted by atomic mass is 16.3. The number of nitrogens with zero attached hydrogens (tertiary/aromatic N) is 1. The normalized spacial score (nSPS) is 19.0. The summed E-state index contributed by atoms with van der Waals surface area (Å²) in [6, 6.07) is 14.4. The molecular formula is C18H18N2O2. The number of hydrogen-bond donors (Lipinski definition) is 2. The van der Waals surface area contributed by atoms with E-state index in [-0.39, 0.29) is 12.1 Å². The molecule has 1 heterocycles. The van der Waals surface area contributed by atoms with Gasteiger partial charge in [-0.3, -0.25) is 0 Å². The van der Waals surface area contributed by atoms with Gasteiger partial charge in [-0.15, -0.1) is 0 Å². The van der Waals surface area contributed by atoms with Crippen LogP contribution in [0.2, 0.25) is 0 Å². The van der Waals surface area contributed by atoms with E-state index >= 15 is 0 Å². The van der Waals surface area contributed by atoms with Crippen molar-refractivity contribution in [2.45, 2.75) is 18.9 Å². The molecule has 0 unspecified atom stereocenters. The van der Waals surface area contributed by atoms with Crippen LogP contribution in [-0.4, -0.2) is 35.2 Å². The predicted octanol–water partition coefficient (Wildman–Crippen LogP) is 2.86. The lowest BCUT2D eigenvalue weighted by atomic mass is 10.1. The maximum Gasteiger partial charge on any atom is 0.321 e. The maximum atomic E-state index is 12.2. The Bertz CT molecular complexity index is 742. The predicted molar refractivity (Wildman–Crippen MR) is 85.9 cm³/mol. The molecule has 4 nitrogen and oxygen atoms in total. The number of carbonyl (C=O) groups is 1. The Kier molecular flexibility index (Phi) is 3.12. The Balaban J connectivity index is 1.54. The summed E-state index contributed by atoms with van der Waals surface area (Å²) in [7, 11) is 0. The van der Waals surface area contributed by atoms with Gasteiger partial charge in [0, 0.05) is 18.8 Å². The van der Waals surface area contributed by atoms with Gasteiger partial charge in [0.25, 0.3) is 0 Å². The van der Waals surface area contributed by atoms with Crippen molar-refractivity contribution in [1.82, 2.24) is 4.90 Å². The second kappa shape index (κ2) is 5.14. The van der Waals surface area contributed by atoms with Crippen LogP contribution in [-0.2, 0) is 6.42 Å². The van der Waals surface area contributed by atoms with Gasteiger partial charge in [-0.05, 0) is 47.2 Å². The van der Waals surface area contributed by atoms with Gasteiger partial charge in [0.05, 0.1) is 6.10 Å². The molecule has 1 aliphatic carbocycles. The summed E-state index contributed by atoms with van der Waals surface area (Å²) >= 11 is 0. The third-order valence-electron chi connectivity index (χ3n) is 4.50. The quantitative estimate of drug-likeness (QED) is 0.725. The summed E-state index contributed by atoms with van der Waals surface area (Å²) in [6.45, 7) is 1.03. The first-order valence-electron chi connectivity index (χ1n) is 7.66. The van der Waals surface area contributed by atoms with Crippen molar-refractivity contribution in [1.29, 1.82) is 0 Å². The Morgan fingerprint density at radius 2 is 1.95 bits per heavy atom. The first-order chi connectivity index (χ1) is 10.7. The lowest BCUT2D eigenvalue weighted by molar-refractivity contribution is 0.176. The van der Waals surface area contributed by atoms with E-state index in [1.165, 1.54) is 22.3 Å². The van der Waals surface area contributed by atoms with Crippen LogP contribution >= 0.6 is 0 Å². The Hall–Kier alpha value is -2.33. The molecule has 1 saturated heterocycles. The third-order valence-corrected chi connectivity index (χ3v) is 4.50. The summed E-state index contributed by atoms with van der Waals surface area (Å²) in [6.07, 6.45) is 1.19. The molecule has 1 atom stereocenters. The van der Waals surface area contributed by atoms with Gasteiger partial charge in [-0.2, -0.15) is 0 Å². The molecule has 0 aromatic heterocycles. The molecule has 2 aromatic carbocycles. The number of benzene rings is 2. The topological polar surface area (TPSA) is 52.6 Å². The fraction of sp³-hybridized carbons (Fsp3) is 0.278. The molecule has 22 heavy (non-hydrogen) atoms. The number of carbonyl (C=O) groups excluding carboxylic acids is 1. The van der Waals surface area contributed by atoms with Crippen molar-refractivity contribution >= 4 is 11.7 Å². The smallest absolute Gasteiger partial charge is 0.321 e. The van der Waals surface area contributed by atoms with Crippen LogP contribution in [0.3, 0.4) is 0 Å². The minimum absolute atomic E-state index is 0.132. The lowest BCUT2D eigenvalue weighted by Crippen LogP contribution is -2.33. The highest BCUT2D eigenvalue weighted by Crippen LogP contribution is 2.37. The number of hydrogen-bond acceptors (Lipinski definition) is 2. The van der Waals surface area contributed by atoms with Crippen molar-refractivity contribution in [3.63, 3.8) is 0 Å². The molecule has 1 aliphatic heterocycles. The molecule has 2 N–H and O–H groups in total. The standard InChI is InChI=1S/C18H18N2O2/c21-15-7-8-20(11-15)18(22)19-14-5-6-17-13(10-14)9-12-3-1-2-4-16(12)17/h1-6,10,15,21H,7-9,11H2,(H,19,22)/t15-/m1/s1. The number of amides is 2. The summed E-state index contributed by atoms with van der Waals surface area (Å²) in [5, 5.41) is 12.5. The zero-order valence-corrected chi connectivity index (χ0v) is 12.2. The molecule has 2 aromatic rings. The molecule has 2 aliphatic rings. The number of fused-ring (bicyclic) bond motifs is 3. The minimum atomic E-state index is -0.389. The minimum Gasteiger partial charge on any atom is -0.391 e. The van der Waals surface area contributed by atoms with Crippen LogP contribution in [0.5, 0.6) is 0 Å². The number of β-amino-alcohol motifs (C(OH)–C–C–N with tert-alkyl or cyclic N) is 1. The van der Waals surface area contributed by atoms with Crippen LogP contribution in [0.25, 0.3) is 11.1 Å². The molecule has 2 amide bonds. The van der Waals surface area contributed by atoms with Crippen molar-refractivity contribution < 1.29 is 9.90 Å². The SMILES string of the molecule is O=C(Nc1ccc2c(c1)Cc1ccccc1-2)N1CC[C@@H](O)C1. The molecular weight excluding hydrogens is 276 g/mol. The van der Waals surface area contributed by atoms with Crippen LogP contribution in [0, 0.1) is 0 Å². The van der Waals surface area contributed by atoms with Gasteiger partial charge in [0.2, 0.25) is 0 Å². The summed E-state index contributed by atoms with van der Waals surface area (Å²) in [5.41, 5.74) is 5.95. The largest absolute Gasteiger partial charge is 0.391 e. The zero-order chi connectivity index (χ0) is 15.1. The van der Waals surface area contributed by atoms with Crippen LogP contribution in [0.15, 0.2) is 42.5 Å². The van der Waals surface area contributed by atoms with Gasteiger partial charge in [-0.25, -0.2) is 4.79 Å². The summed E-state index contributed by atoms with van der Waals surface area (Å²) in [4.78, 5) is 13.8. The van der Waals surface area contributed by atoms with Crippen molar-refractivity contribution in [2.24, 2.45) is 0 Å². The molecule has 1 fully saturated rings. The van der Waals surface area contributed by atoms with Crippen LogP contribution < -0.4 is 5.32 Å². The van der Waals surface area contributed by atoms with Crippen LogP contribution in [0.1, 0.15) is 17.5 Å². The second-order valence-electron chi connectivity index (χ2n) is 6.02. The molecule has 0 saturated carbocycles. The van der Waals surface area contributed by atoms with E-state index in [0.717, 1.165) is 12.1 Å². The van der Waals surface area contributed by atoms with Gasteiger partial charge in [0.15, 0.2) is 0 Å². The Morgan fingerprint density at radius 1 is 1.14 bits per heavy atom. The summed E-state index contributed by atoms with van der Waals surface area (Å²) in [5.74, 6) is 0. The van der Waals surface area contributed by atoms with Crippen molar-refractivity contribution in [3.8, 4) is 11.1 Å². The van der Waals surface area contributed by atoms with Gasteiger partial charge in [-0.1, -0.05) is 30.3 Å². The first kappa shape index (κ1) is 13.3. The fourth-order valence-corrected chi connectivity index (χ4v) is 3.35. The van der Waals surface area contributed by atoms with E-state index in [0.29, 0.717) is 19.5 Å². The van der Waals surface area contributed by atoms with E-state index < -0.39 is 0 Å². The third kappa shape index (κ3) is 2.25. The van der Waals surface area contributed by atoms with Crippen molar-refractivity contribution in [2.75, 3.05) is 18.4 Å². The molecule has 4 rings (SSSR count). The number of aliphatic hydroxyl groups excluding tert-OH is 1. The van der Waals surface area contributed by atoms with E-state index in [4.69, 9.17) is 0 Å². The number of urea groups is 1. The number of aliphatic hydroxyl groups is 1. The molecule has 0 spiro atoms. The monoisotopic (exact) mass is 294 g/mol. The van der Waals surface area contributed by atoms with Gasteiger partial charge < -0.3 is 15.3 Å². The zero-order valence-electron chi connectivity index (χ0n) is 12.2. The van der Waals surface area contributed by atoms with Gasteiger partial charge >= 0.3 is 6.03 Å². The molecule has 4 heteroatoms. The molecule has 112 valence electrons. The van der Waals surface area contributed by atoms with Crippen LogP contribution in [0.4, 0.5) is 10.5 Å². The highest BCUT2D eigenvalue weighted by molar-refractivity contribution is 5.90. The highest BCUT2D eigenvalue weighted by Gasteiger charge is 2.25. The van der Waals surface area contributed by atoms with Gasteiger partial charge in [0.1, 0.15) is 0 Å². The van der Waals surface area contributed by atoms with E-state index in [9.17, 15) is 9.90 Å². The second-order valence-corrected chi connectivity index (χ2v) is 6.02. The maximum absolute atomic E-state index is 12.2. The fourth-order valence-electron chi connectivity index (χ4n) is 3.35. The molecule has 0 bridgehead atoms. The average Bonchev–Trinajstić information content (AvgIpc) is 3.10. The van der Waals surface area contributed by atoms with E-state index in [1.807, 2.05) is 6.07 Å². The average molecular weight is 294 g/mol. The first-order valence-corrected chi connectivity index (χ1v) is 7.66. The van der Waals surface area contributed by atoms with E-state index in [1.54, 1.807) is 4.90 Å².